The maximum Gasteiger partial charge on any atom is 0.245 e. The van der Waals surface area contributed by atoms with E-state index in [2.05, 4.69) is 10.3 Å². The van der Waals surface area contributed by atoms with Gasteiger partial charge in [-0.25, -0.2) is 4.99 Å². The van der Waals surface area contributed by atoms with Crippen molar-refractivity contribution in [3.05, 3.63) is 0 Å². The van der Waals surface area contributed by atoms with Gasteiger partial charge in [-0.3, -0.25) is 9.59 Å². The van der Waals surface area contributed by atoms with Crippen LogP contribution in [-0.4, -0.2) is 24.1 Å². The van der Waals surface area contributed by atoms with E-state index in [0.717, 1.165) is 0 Å². The van der Waals surface area contributed by atoms with Gasteiger partial charge in [-0.05, 0) is 6.42 Å². The Balaban J connectivity index is 2.44. The lowest BCUT2D eigenvalue weighted by Gasteiger charge is -2.14. The van der Waals surface area contributed by atoms with E-state index >= 15 is 0 Å². The highest BCUT2D eigenvalue weighted by Crippen LogP contribution is 2.02. The summed E-state index contributed by atoms with van der Waals surface area (Å²) in [5.74, 6) is -0.192. The third-order valence-corrected chi connectivity index (χ3v) is 1.46. The molecule has 0 saturated heterocycles. The van der Waals surface area contributed by atoms with Crippen LogP contribution >= 0.6 is 0 Å². The van der Waals surface area contributed by atoms with E-state index in [-0.39, 0.29) is 17.9 Å². The van der Waals surface area contributed by atoms with Crippen LogP contribution in [0.2, 0.25) is 0 Å². The number of nitrogens with one attached hydrogen (secondary N) is 1. The molecule has 60 valence electrons. The van der Waals surface area contributed by atoms with Gasteiger partial charge in [0.2, 0.25) is 11.8 Å². The fraction of sp³-hybridized carbons (Fsp3) is 0.571. The first kappa shape index (κ1) is 7.91. The predicted molar refractivity (Wildman–Crippen MR) is 40.3 cm³/mol. The molecule has 0 unspecified atom stereocenters. The van der Waals surface area contributed by atoms with E-state index in [1.807, 2.05) is 0 Å². The molecule has 1 N–H and O–H groups in total. The number of aliphatic imine (C=N–C) groups is 1. The molecule has 11 heavy (non-hydrogen) atoms. The van der Waals surface area contributed by atoms with Crippen molar-refractivity contribution in [2.24, 2.45) is 4.99 Å². The predicted octanol–water partition coefficient (Wildman–Crippen LogP) is -0.118. The standard InChI is InChI=1S/C7H10N2O2/c1-5(10)9-6-2-3-7(11)8-4-6/h4,6H,2-3H2,1H3,(H,9,10)/t6-/m1/s1. The molecule has 1 atom stereocenters. The lowest BCUT2D eigenvalue weighted by Crippen LogP contribution is -2.36. The van der Waals surface area contributed by atoms with Crippen molar-refractivity contribution in [1.29, 1.82) is 0 Å². The molecule has 4 heteroatoms. The van der Waals surface area contributed by atoms with Crippen molar-refractivity contribution < 1.29 is 9.59 Å². The van der Waals surface area contributed by atoms with Gasteiger partial charge >= 0.3 is 0 Å². The second-order valence-corrected chi connectivity index (χ2v) is 2.52. The number of hydrogen-bond acceptors (Lipinski definition) is 2. The first-order chi connectivity index (χ1) is 5.18. The van der Waals surface area contributed by atoms with Gasteiger partial charge in [0.05, 0.1) is 6.04 Å². The highest BCUT2D eigenvalue weighted by Gasteiger charge is 2.13. The third kappa shape index (κ3) is 2.49. The van der Waals surface area contributed by atoms with E-state index in [9.17, 15) is 9.59 Å². The van der Waals surface area contributed by atoms with Gasteiger partial charge in [-0.2, -0.15) is 0 Å². The topological polar surface area (TPSA) is 58.5 Å². The Morgan fingerprint density at radius 2 is 2.55 bits per heavy atom. The molecule has 0 saturated carbocycles. The SMILES string of the molecule is CC(=O)N[C@H]1C=NC(=O)CC1. The van der Waals surface area contributed by atoms with Crippen molar-refractivity contribution >= 4 is 18.0 Å². The molecule has 0 aliphatic carbocycles. The smallest absolute Gasteiger partial charge is 0.245 e. The summed E-state index contributed by atoms with van der Waals surface area (Å²) >= 11 is 0. The zero-order valence-electron chi connectivity index (χ0n) is 6.33. The first-order valence-electron chi connectivity index (χ1n) is 3.52. The first-order valence-corrected chi connectivity index (χ1v) is 3.52. The zero-order chi connectivity index (χ0) is 8.27. The largest absolute Gasteiger partial charge is 0.349 e. The number of carbonyl (C=O) groups excluding carboxylic acids is 2. The van der Waals surface area contributed by atoms with Crippen LogP contribution in [0.25, 0.3) is 0 Å². The van der Waals surface area contributed by atoms with Crippen LogP contribution in [0.4, 0.5) is 0 Å². The van der Waals surface area contributed by atoms with Gasteiger partial charge in [-0.1, -0.05) is 0 Å². The summed E-state index contributed by atoms with van der Waals surface area (Å²) in [7, 11) is 0. The molecule has 1 aliphatic heterocycles. The highest BCUT2D eigenvalue weighted by atomic mass is 16.2. The molecule has 0 radical (unpaired) electrons. The summed E-state index contributed by atoms with van der Waals surface area (Å²) in [6.07, 6.45) is 2.59. The van der Waals surface area contributed by atoms with Crippen LogP contribution in [0.1, 0.15) is 19.8 Å². The summed E-state index contributed by atoms with van der Waals surface area (Å²) in [5, 5.41) is 2.66. The minimum absolute atomic E-state index is 0.0507. The van der Waals surface area contributed by atoms with Gasteiger partial charge in [-0.15, -0.1) is 0 Å². The third-order valence-electron chi connectivity index (χ3n) is 1.46. The molecule has 0 fully saturated rings. The fourth-order valence-electron chi connectivity index (χ4n) is 0.962. The van der Waals surface area contributed by atoms with E-state index in [4.69, 9.17) is 0 Å². The molecule has 1 rings (SSSR count). The molecule has 0 aromatic heterocycles. The Hall–Kier alpha value is -1.19. The quantitative estimate of drug-likeness (QED) is 0.572. The molecular weight excluding hydrogens is 144 g/mol. The summed E-state index contributed by atoms with van der Waals surface area (Å²) in [6, 6.07) is -0.0507. The second kappa shape index (κ2) is 3.27. The van der Waals surface area contributed by atoms with Crippen LogP contribution < -0.4 is 5.32 Å². The molecule has 0 aromatic carbocycles. The lowest BCUT2D eigenvalue weighted by atomic mass is 10.1. The van der Waals surface area contributed by atoms with Crippen LogP contribution in [0.3, 0.4) is 0 Å². The average molecular weight is 154 g/mol. The van der Waals surface area contributed by atoms with Crippen molar-refractivity contribution in [1.82, 2.24) is 5.32 Å². The molecule has 1 aliphatic rings. The summed E-state index contributed by atoms with van der Waals surface area (Å²) in [6.45, 7) is 1.45. The molecule has 2 amide bonds. The maximum absolute atomic E-state index is 10.6. The van der Waals surface area contributed by atoms with Crippen LogP contribution in [0, 0.1) is 0 Å². The van der Waals surface area contributed by atoms with E-state index < -0.39 is 0 Å². The minimum Gasteiger partial charge on any atom is -0.349 e. The van der Waals surface area contributed by atoms with Crippen LogP contribution in [-0.2, 0) is 9.59 Å². The maximum atomic E-state index is 10.6. The fourth-order valence-corrected chi connectivity index (χ4v) is 0.962. The van der Waals surface area contributed by atoms with Gasteiger partial charge in [0.15, 0.2) is 0 Å². The van der Waals surface area contributed by atoms with Crippen LogP contribution in [0.15, 0.2) is 4.99 Å². The number of carbonyl (C=O) groups is 2. The normalized spacial score (nSPS) is 23.4. The Labute approximate surface area is 64.7 Å². The highest BCUT2D eigenvalue weighted by molar-refractivity contribution is 5.90. The van der Waals surface area contributed by atoms with Crippen molar-refractivity contribution in [3.8, 4) is 0 Å². The molecule has 0 bridgehead atoms. The van der Waals surface area contributed by atoms with E-state index in [0.29, 0.717) is 12.8 Å². The number of amides is 2. The molecular formula is C7H10N2O2. The summed E-state index contributed by atoms with van der Waals surface area (Å²) in [4.78, 5) is 24.7. The number of rotatable bonds is 1. The number of hydrogen-bond donors (Lipinski definition) is 1. The monoisotopic (exact) mass is 154 g/mol. The minimum atomic E-state index is -0.105. The van der Waals surface area contributed by atoms with Gasteiger partial charge in [0.25, 0.3) is 0 Å². The Bertz CT molecular complexity index is 210. The molecule has 0 aromatic rings. The molecule has 4 nitrogen and oxygen atoms in total. The second-order valence-electron chi connectivity index (χ2n) is 2.52. The van der Waals surface area contributed by atoms with E-state index in [1.165, 1.54) is 13.1 Å². The van der Waals surface area contributed by atoms with E-state index in [1.54, 1.807) is 0 Å². The Morgan fingerprint density at radius 1 is 1.82 bits per heavy atom. The van der Waals surface area contributed by atoms with Gasteiger partial charge in [0, 0.05) is 19.6 Å². The molecule has 0 spiro atoms. The summed E-state index contributed by atoms with van der Waals surface area (Å²) in [5.41, 5.74) is 0. The molecule has 1 heterocycles. The van der Waals surface area contributed by atoms with Gasteiger partial charge < -0.3 is 5.32 Å². The Morgan fingerprint density at radius 3 is 3.00 bits per heavy atom. The Kier molecular flexibility index (Phi) is 2.36. The van der Waals surface area contributed by atoms with Crippen molar-refractivity contribution in [2.75, 3.05) is 0 Å². The number of nitrogens with zero attached hydrogens (tertiary/aromatic N) is 1. The average Bonchev–Trinajstić information content (AvgIpc) is 1.93. The van der Waals surface area contributed by atoms with Gasteiger partial charge in [0.1, 0.15) is 0 Å². The summed E-state index contributed by atoms with van der Waals surface area (Å²) < 4.78 is 0. The van der Waals surface area contributed by atoms with Crippen molar-refractivity contribution in [3.63, 3.8) is 0 Å². The zero-order valence-corrected chi connectivity index (χ0v) is 6.33. The lowest BCUT2D eigenvalue weighted by molar-refractivity contribution is -0.121. The van der Waals surface area contributed by atoms with Crippen molar-refractivity contribution in [2.45, 2.75) is 25.8 Å². The van der Waals surface area contributed by atoms with Crippen LogP contribution in [0.5, 0.6) is 0 Å².